The molecule has 2 heterocycles. The lowest BCUT2D eigenvalue weighted by atomic mass is 9.89. The summed E-state index contributed by atoms with van der Waals surface area (Å²) in [6.45, 7) is 2.08. The Kier molecular flexibility index (Phi) is 5.30. The largest absolute Gasteiger partial charge is 0.331 e. The van der Waals surface area contributed by atoms with Crippen LogP contribution in [0.15, 0.2) is 27.8 Å². The standard InChI is InChI=1S/C20H26N4O4/c25-19-17-12-16(24(27)28)6-7-18(17)22(13-14-4-2-1-3-5-14)20(26)23(19)15-8-10-21-11-9-15/h6-7,12,14-15,21H,1-5,8-11,13H2. The molecule has 1 saturated heterocycles. The van der Waals surface area contributed by atoms with E-state index in [-0.39, 0.29) is 22.8 Å². The Balaban J connectivity index is 1.90. The van der Waals surface area contributed by atoms with Crippen LogP contribution in [0.2, 0.25) is 0 Å². The first-order chi connectivity index (χ1) is 13.6. The fourth-order valence-corrected chi connectivity index (χ4v) is 4.69. The maximum absolute atomic E-state index is 13.4. The number of nitro benzene ring substituents is 1. The monoisotopic (exact) mass is 386 g/mol. The number of aromatic nitrogens is 2. The van der Waals surface area contributed by atoms with Crippen molar-refractivity contribution in [1.29, 1.82) is 0 Å². The van der Waals surface area contributed by atoms with Crippen LogP contribution in [0.5, 0.6) is 0 Å². The zero-order chi connectivity index (χ0) is 19.7. The molecule has 0 unspecified atom stereocenters. The second-order valence-corrected chi connectivity index (χ2v) is 8.01. The highest BCUT2D eigenvalue weighted by molar-refractivity contribution is 5.80. The molecule has 0 atom stereocenters. The number of nitrogens with one attached hydrogen (secondary N) is 1. The molecule has 28 heavy (non-hydrogen) atoms. The van der Waals surface area contributed by atoms with Gasteiger partial charge in [0.2, 0.25) is 0 Å². The lowest BCUT2D eigenvalue weighted by Crippen LogP contribution is -2.45. The number of non-ortho nitro benzene ring substituents is 1. The Morgan fingerprint density at radius 3 is 2.46 bits per heavy atom. The first kappa shape index (κ1) is 18.9. The van der Waals surface area contributed by atoms with Gasteiger partial charge in [0.1, 0.15) is 0 Å². The summed E-state index contributed by atoms with van der Waals surface area (Å²) in [5, 5.41) is 14.7. The smallest absolute Gasteiger partial charge is 0.317 e. The summed E-state index contributed by atoms with van der Waals surface area (Å²) < 4.78 is 3.05. The molecule has 0 radical (unpaired) electrons. The topological polar surface area (TPSA) is 99.2 Å². The van der Waals surface area contributed by atoms with Gasteiger partial charge in [-0.05, 0) is 50.8 Å². The van der Waals surface area contributed by atoms with Crippen molar-refractivity contribution in [1.82, 2.24) is 14.5 Å². The minimum atomic E-state index is -0.496. The highest BCUT2D eigenvalue weighted by atomic mass is 16.6. The fraction of sp³-hybridized carbons (Fsp3) is 0.600. The van der Waals surface area contributed by atoms with Crippen molar-refractivity contribution in [2.45, 2.75) is 57.5 Å². The van der Waals surface area contributed by atoms with E-state index < -0.39 is 10.5 Å². The molecule has 0 bridgehead atoms. The number of benzene rings is 1. The summed E-state index contributed by atoms with van der Waals surface area (Å²) in [6, 6.07) is 4.10. The van der Waals surface area contributed by atoms with Crippen LogP contribution < -0.4 is 16.6 Å². The third kappa shape index (κ3) is 3.48. The summed E-state index contributed by atoms with van der Waals surface area (Å²) in [4.78, 5) is 37.3. The van der Waals surface area contributed by atoms with Crippen molar-refractivity contribution < 1.29 is 4.92 Å². The van der Waals surface area contributed by atoms with Crippen molar-refractivity contribution in [3.05, 3.63) is 49.2 Å². The third-order valence-corrected chi connectivity index (χ3v) is 6.21. The fourth-order valence-electron chi connectivity index (χ4n) is 4.69. The summed E-state index contributed by atoms with van der Waals surface area (Å²) in [5.74, 6) is 0.406. The minimum absolute atomic E-state index is 0.121. The van der Waals surface area contributed by atoms with Crippen LogP contribution in [0.1, 0.15) is 51.0 Å². The van der Waals surface area contributed by atoms with Crippen LogP contribution in [-0.2, 0) is 6.54 Å². The van der Waals surface area contributed by atoms with E-state index in [9.17, 15) is 19.7 Å². The molecule has 4 rings (SSSR count). The molecule has 8 nitrogen and oxygen atoms in total. The summed E-state index contributed by atoms with van der Waals surface area (Å²) in [5.41, 5.74) is -0.292. The molecule has 8 heteroatoms. The molecule has 150 valence electrons. The van der Waals surface area contributed by atoms with Crippen molar-refractivity contribution in [3.8, 4) is 0 Å². The van der Waals surface area contributed by atoms with Crippen LogP contribution >= 0.6 is 0 Å². The van der Waals surface area contributed by atoms with Gasteiger partial charge in [-0.3, -0.25) is 24.0 Å². The van der Waals surface area contributed by atoms with Gasteiger partial charge < -0.3 is 5.32 Å². The highest BCUT2D eigenvalue weighted by Gasteiger charge is 2.25. The molecular formula is C20H26N4O4. The number of rotatable bonds is 4. The van der Waals surface area contributed by atoms with Gasteiger partial charge in [0.15, 0.2) is 0 Å². The Hall–Kier alpha value is -2.48. The molecule has 1 aliphatic heterocycles. The van der Waals surface area contributed by atoms with Crippen LogP contribution in [0, 0.1) is 16.0 Å². The second kappa shape index (κ2) is 7.87. The van der Waals surface area contributed by atoms with Gasteiger partial charge in [0, 0.05) is 24.7 Å². The molecule has 1 aromatic heterocycles. The number of piperidine rings is 1. The first-order valence-corrected chi connectivity index (χ1v) is 10.2. The molecule has 2 aliphatic rings. The molecule has 2 aromatic rings. The van der Waals surface area contributed by atoms with Crippen LogP contribution in [-0.4, -0.2) is 27.1 Å². The van der Waals surface area contributed by atoms with Crippen LogP contribution in [0.3, 0.4) is 0 Å². The van der Waals surface area contributed by atoms with Crippen LogP contribution in [0.25, 0.3) is 10.9 Å². The van der Waals surface area contributed by atoms with Crippen molar-refractivity contribution in [2.75, 3.05) is 13.1 Å². The molecule has 0 spiro atoms. The molecular weight excluding hydrogens is 360 g/mol. The predicted octanol–water partition coefficient (Wildman–Crippen LogP) is 2.58. The number of hydrogen-bond donors (Lipinski definition) is 1. The quantitative estimate of drug-likeness (QED) is 0.643. The van der Waals surface area contributed by atoms with Gasteiger partial charge in [-0.1, -0.05) is 19.3 Å². The predicted molar refractivity (Wildman–Crippen MR) is 107 cm³/mol. The Labute approximate surface area is 162 Å². The first-order valence-electron chi connectivity index (χ1n) is 10.2. The number of nitrogens with zero attached hydrogens (tertiary/aromatic N) is 3. The lowest BCUT2D eigenvalue weighted by Gasteiger charge is -2.27. The van der Waals surface area contributed by atoms with E-state index >= 15 is 0 Å². The molecule has 0 amide bonds. The van der Waals surface area contributed by atoms with E-state index in [1.54, 1.807) is 10.6 Å². The van der Waals surface area contributed by atoms with Gasteiger partial charge in [0.05, 0.1) is 15.8 Å². The third-order valence-electron chi connectivity index (χ3n) is 6.21. The van der Waals surface area contributed by atoms with Crippen molar-refractivity contribution >= 4 is 16.6 Å². The Morgan fingerprint density at radius 2 is 1.79 bits per heavy atom. The molecule has 2 fully saturated rings. The zero-order valence-corrected chi connectivity index (χ0v) is 15.9. The number of hydrogen-bond acceptors (Lipinski definition) is 5. The summed E-state index contributed by atoms with van der Waals surface area (Å²) in [6.07, 6.45) is 7.12. The average Bonchev–Trinajstić information content (AvgIpc) is 2.72. The lowest BCUT2D eigenvalue weighted by molar-refractivity contribution is -0.384. The van der Waals surface area contributed by atoms with Gasteiger partial charge in [-0.2, -0.15) is 0 Å². The average molecular weight is 386 g/mol. The van der Waals surface area contributed by atoms with E-state index in [4.69, 9.17) is 0 Å². The van der Waals surface area contributed by atoms with E-state index in [0.29, 0.717) is 30.8 Å². The summed E-state index contributed by atoms with van der Waals surface area (Å²) >= 11 is 0. The Bertz CT molecular complexity index is 998. The normalized spacial score (nSPS) is 19.1. The van der Waals surface area contributed by atoms with Crippen molar-refractivity contribution in [3.63, 3.8) is 0 Å². The second-order valence-electron chi connectivity index (χ2n) is 8.01. The number of fused-ring (bicyclic) bond motifs is 1. The SMILES string of the molecule is O=c1c2cc([N+](=O)[O-])ccc2n(CC2CCCCC2)c(=O)n1C1CCNCC1. The van der Waals surface area contributed by atoms with Gasteiger partial charge in [-0.15, -0.1) is 0 Å². The Morgan fingerprint density at radius 1 is 1.07 bits per heavy atom. The summed E-state index contributed by atoms with van der Waals surface area (Å²) in [7, 11) is 0. The minimum Gasteiger partial charge on any atom is -0.317 e. The molecule has 1 saturated carbocycles. The van der Waals surface area contributed by atoms with Gasteiger partial charge in [-0.25, -0.2) is 4.79 Å². The van der Waals surface area contributed by atoms with Gasteiger partial charge >= 0.3 is 5.69 Å². The molecule has 1 aromatic carbocycles. The van der Waals surface area contributed by atoms with E-state index in [0.717, 1.165) is 38.8 Å². The van der Waals surface area contributed by atoms with E-state index in [1.807, 2.05) is 0 Å². The maximum Gasteiger partial charge on any atom is 0.331 e. The maximum atomic E-state index is 13.4. The van der Waals surface area contributed by atoms with Crippen molar-refractivity contribution in [2.24, 2.45) is 5.92 Å². The van der Waals surface area contributed by atoms with Crippen LogP contribution in [0.4, 0.5) is 5.69 Å². The molecule has 1 aliphatic carbocycles. The number of nitro groups is 1. The van der Waals surface area contributed by atoms with E-state index in [2.05, 4.69) is 5.32 Å². The van der Waals surface area contributed by atoms with E-state index in [1.165, 1.54) is 23.1 Å². The zero-order valence-electron chi connectivity index (χ0n) is 15.9. The van der Waals surface area contributed by atoms with Gasteiger partial charge in [0.25, 0.3) is 11.2 Å². The highest BCUT2D eigenvalue weighted by Crippen LogP contribution is 2.26. The molecule has 1 N–H and O–H groups in total.